The lowest BCUT2D eigenvalue weighted by atomic mass is 10.1. The molecule has 0 saturated heterocycles. The number of urea groups is 1. The quantitative estimate of drug-likeness (QED) is 0.114. The maximum atomic E-state index is 12.2. The Labute approximate surface area is 247 Å². The van der Waals surface area contributed by atoms with Crippen LogP contribution in [0.25, 0.3) is 10.8 Å². The molecule has 0 radical (unpaired) electrons. The number of nitrogens with one attached hydrogen (secondary N) is 2. The Balaban J connectivity index is 1.71. The molecule has 1 unspecified atom stereocenters. The first-order chi connectivity index (χ1) is 20.2. The number of nitrogens with zero attached hydrogens (tertiary/aromatic N) is 4. The molecule has 4 aromatic rings. The average molecular weight is 646 g/mol. The molecule has 2 amide bonds. The second-order valence-corrected chi connectivity index (χ2v) is 13.1. The van der Waals surface area contributed by atoms with Crippen LogP contribution in [0.2, 0.25) is 0 Å². The number of rotatable bonds is 8. The Morgan fingerprint density at radius 2 is 1.53 bits per heavy atom. The first-order valence-electron chi connectivity index (χ1n) is 11.8. The van der Waals surface area contributed by atoms with E-state index in [2.05, 4.69) is 31.1 Å². The summed E-state index contributed by atoms with van der Waals surface area (Å²) in [5, 5.41) is 31.3. The number of azo groups is 2. The van der Waals surface area contributed by atoms with Gasteiger partial charge in [-0.2, -0.15) is 18.6 Å². The Morgan fingerprint density at radius 1 is 0.884 bits per heavy atom. The van der Waals surface area contributed by atoms with Crippen LogP contribution in [0.5, 0.6) is 5.75 Å². The van der Waals surface area contributed by atoms with Crippen LogP contribution < -0.4 is 10.6 Å². The van der Waals surface area contributed by atoms with E-state index in [0.29, 0.717) is 5.69 Å². The summed E-state index contributed by atoms with van der Waals surface area (Å²) in [6, 6.07) is 13.8. The van der Waals surface area contributed by atoms with Gasteiger partial charge in [0.1, 0.15) is 16.3 Å². The normalized spacial score (nSPS) is 13.0. The minimum absolute atomic E-state index is 0.0821. The highest BCUT2D eigenvalue weighted by Crippen LogP contribution is 2.42. The van der Waals surface area contributed by atoms with E-state index in [1.54, 1.807) is 0 Å². The summed E-state index contributed by atoms with van der Waals surface area (Å²) >= 11 is -2.87. The summed E-state index contributed by atoms with van der Waals surface area (Å²) in [6.45, 7) is 0. The molecule has 0 saturated carbocycles. The number of phenols is 1. The van der Waals surface area contributed by atoms with Gasteiger partial charge in [-0.05, 0) is 83.2 Å². The third kappa shape index (κ3) is 7.43. The second kappa shape index (κ2) is 12.3. The molecule has 0 bridgehead atoms. The van der Waals surface area contributed by atoms with Crippen LogP contribution in [0.15, 0.2) is 102 Å². The molecule has 43 heavy (non-hydrogen) atoms. The van der Waals surface area contributed by atoms with Gasteiger partial charge in [0, 0.05) is 24.4 Å². The van der Waals surface area contributed by atoms with E-state index >= 15 is 0 Å². The van der Waals surface area contributed by atoms with Gasteiger partial charge < -0.3 is 20.3 Å². The van der Waals surface area contributed by atoms with E-state index in [1.807, 2.05) is 0 Å². The summed E-state index contributed by atoms with van der Waals surface area (Å²) < 4.78 is 81.2. The third-order valence-corrected chi connectivity index (χ3v) is 8.42. The van der Waals surface area contributed by atoms with E-state index in [1.165, 1.54) is 61.6 Å². The highest BCUT2D eigenvalue weighted by atomic mass is 32.2. The molecule has 0 aliphatic rings. The number of carbonyl (C=O) groups excluding carboxylic acids is 1. The van der Waals surface area contributed by atoms with Crippen molar-refractivity contribution in [2.24, 2.45) is 20.5 Å². The van der Waals surface area contributed by atoms with Gasteiger partial charge in [-0.1, -0.05) is 0 Å². The number of amides is 2. The number of hydrogen-bond donors (Lipinski definition) is 4. The van der Waals surface area contributed by atoms with E-state index in [9.17, 15) is 40.1 Å². The lowest BCUT2D eigenvalue weighted by molar-refractivity contribution is 0.254. The molecule has 0 aliphatic heterocycles. The van der Waals surface area contributed by atoms with Crippen LogP contribution in [0.4, 0.5) is 33.2 Å². The topological polar surface area (TPSA) is 239 Å². The van der Waals surface area contributed by atoms with Crippen molar-refractivity contribution in [3.8, 4) is 5.75 Å². The zero-order chi connectivity index (χ0) is 31.5. The highest BCUT2D eigenvalue weighted by Gasteiger charge is 2.22. The molecule has 0 heterocycles. The van der Waals surface area contributed by atoms with Crippen LogP contribution in [0.3, 0.4) is 0 Å². The number of sulfone groups is 1. The van der Waals surface area contributed by atoms with Crippen molar-refractivity contribution in [3.05, 3.63) is 66.7 Å². The summed E-state index contributed by atoms with van der Waals surface area (Å²) in [4.78, 5) is 10.5. The van der Waals surface area contributed by atoms with Crippen molar-refractivity contribution >= 4 is 76.3 Å². The molecule has 4 N–H and O–H groups in total. The molecule has 224 valence electrons. The van der Waals surface area contributed by atoms with Crippen LogP contribution in [0, 0.1) is 0 Å². The molecular weight excluding hydrogens is 625 g/mol. The minimum Gasteiger partial charge on any atom is -0.768 e. The number of hydrogen-bond acceptors (Lipinski definition) is 12. The van der Waals surface area contributed by atoms with E-state index in [4.69, 9.17) is 0 Å². The van der Waals surface area contributed by atoms with E-state index in [-0.39, 0.29) is 32.7 Å². The van der Waals surface area contributed by atoms with Crippen molar-refractivity contribution in [2.75, 3.05) is 18.6 Å². The Hall–Kier alpha value is -4.62. The lowest BCUT2D eigenvalue weighted by Gasteiger charge is -2.11. The lowest BCUT2D eigenvalue weighted by Crippen LogP contribution is -2.24. The van der Waals surface area contributed by atoms with Gasteiger partial charge in [0.15, 0.2) is 15.6 Å². The van der Waals surface area contributed by atoms with Crippen LogP contribution in [-0.4, -0.2) is 54.6 Å². The maximum absolute atomic E-state index is 12.2. The highest BCUT2D eigenvalue weighted by molar-refractivity contribution is 7.90. The zero-order valence-electron chi connectivity index (χ0n) is 22.1. The molecule has 0 fully saturated rings. The van der Waals surface area contributed by atoms with Crippen LogP contribution in [-0.2, 0) is 31.0 Å². The molecular formula is C25H21N6O9S3-. The molecule has 4 rings (SSSR count). The fraction of sp³-hybridized carbons (Fsp3) is 0.0800. The summed E-state index contributed by atoms with van der Waals surface area (Å²) in [7, 11) is -6.97. The van der Waals surface area contributed by atoms with Gasteiger partial charge in [0.05, 0.1) is 21.2 Å². The SMILES string of the molecule is CNC(=O)Nc1ccc2c(O)c(N=Nc3ccc(N=Nc4ccc(S(C)(=O)=O)cc4)cc3S(=O)[O-])c(S(=O)(=O)O)cc2c1. The molecule has 0 aromatic heterocycles. The summed E-state index contributed by atoms with van der Waals surface area (Å²) in [5.74, 6) is -0.683. The molecule has 18 heteroatoms. The molecule has 0 spiro atoms. The van der Waals surface area contributed by atoms with Gasteiger partial charge in [-0.25, -0.2) is 13.2 Å². The van der Waals surface area contributed by atoms with Crippen LogP contribution >= 0.6 is 0 Å². The number of benzene rings is 4. The van der Waals surface area contributed by atoms with E-state index in [0.717, 1.165) is 18.4 Å². The Kier molecular flexibility index (Phi) is 8.97. The molecule has 0 aliphatic carbocycles. The zero-order valence-corrected chi connectivity index (χ0v) is 24.6. The van der Waals surface area contributed by atoms with Crippen LogP contribution in [0.1, 0.15) is 0 Å². The van der Waals surface area contributed by atoms with Gasteiger partial charge >= 0.3 is 6.03 Å². The molecule has 1 atom stereocenters. The number of carbonyl (C=O) groups is 1. The summed E-state index contributed by atoms with van der Waals surface area (Å²) in [6.07, 6.45) is 1.06. The third-order valence-electron chi connectivity index (χ3n) is 5.74. The van der Waals surface area contributed by atoms with Gasteiger partial charge in [-0.3, -0.25) is 8.76 Å². The number of anilines is 1. The smallest absolute Gasteiger partial charge is 0.318 e. The number of aromatic hydroxyl groups is 1. The van der Waals surface area contributed by atoms with Crippen molar-refractivity contribution < 1.29 is 40.1 Å². The minimum atomic E-state index is -4.97. The molecule has 4 aromatic carbocycles. The van der Waals surface area contributed by atoms with Crippen molar-refractivity contribution in [1.29, 1.82) is 0 Å². The predicted molar refractivity (Wildman–Crippen MR) is 155 cm³/mol. The van der Waals surface area contributed by atoms with Crippen molar-refractivity contribution in [2.45, 2.75) is 14.7 Å². The van der Waals surface area contributed by atoms with Gasteiger partial charge in [0.25, 0.3) is 10.1 Å². The van der Waals surface area contributed by atoms with Gasteiger partial charge in [-0.15, -0.1) is 10.2 Å². The largest absolute Gasteiger partial charge is 0.768 e. The first kappa shape index (κ1) is 31.3. The molecule has 15 nitrogen and oxygen atoms in total. The van der Waals surface area contributed by atoms with Crippen molar-refractivity contribution in [3.63, 3.8) is 0 Å². The second-order valence-electron chi connectivity index (χ2n) is 8.74. The number of fused-ring (bicyclic) bond motifs is 1. The van der Waals surface area contributed by atoms with Gasteiger partial charge in [0.2, 0.25) is 0 Å². The standard InChI is InChI=1S/C25H22N6O9S3/c1-26-25(33)27-16-5-9-19-14(11-16)12-22(43(38,39)40)23(24(19)32)31-30-20-10-6-17(13-21(20)41(34)35)29-28-15-3-7-18(8-4-15)42(2,36)37/h3-13,32H,1-2H3,(H,34,35)(H2,26,27,33)(H,38,39,40)/p-1. The number of phenolic OH excluding ortho intramolecular Hbond substituents is 1. The first-order valence-corrected chi connectivity index (χ1v) is 16.2. The average Bonchev–Trinajstić information content (AvgIpc) is 2.94. The van der Waals surface area contributed by atoms with Crippen molar-refractivity contribution in [1.82, 2.24) is 5.32 Å². The summed E-state index contributed by atoms with van der Waals surface area (Å²) in [5.41, 5.74) is -0.282. The fourth-order valence-corrected chi connectivity index (χ4v) is 5.46. The Bertz CT molecular complexity index is 2050. The fourth-order valence-electron chi connectivity index (χ4n) is 3.68. The monoisotopic (exact) mass is 645 g/mol. The Morgan fingerprint density at radius 3 is 2.14 bits per heavy atom. The maximum Gasteiger partial charge on any atom is 0.318 e. The predicted octanol–water partition coefficient (Wildman–Crippen LogP) is 5.02. The van der Waals surface area contributed by atoms with E-state index < -0.39 is 58.3 Å².